The van der Waals surface area contributed by atoms with Crippen LogP contribution in [0.4, 0.5) is 0 Å². The van der Waals surface area contributed by atoms with Crippen LogP contribution in [-0.2, 0) is 0 Å². The second-order valence-electron chi connectivity index (χ2n) is 3.29. The summed E-state index contributed by atoms with van der Waals surface area (Å²) in [6, 6.07) is 3.98. The van der Waals surface area contributed by atoms with Crippen molar-refractivity contribution in [1.29, 1.82) is 0 Å². The Hall–Kier alpha value is -0.700. The Morgan fingerprint density at radius 3 is 2.92 bits per heavy atom. The third-order valence-corrected chi connectivity index (χ3v) is 2.82. The maximum Gasteiger partial charge on any atom is 0.213 e. The second-order valence-corrected chi connectivity index (χ2v) is 4.17. The molecule has 70 valence electrons. The highest BCUT2D eigenvalue weighted by molar-refractivity contribution is 7.98. The number of rotatable bonds is 4. The molecule has 1 aliphatic carbocycles. The smallest absolute Gasteiger partial charge is 0.213 e. The summed E-state index contributed by atoms with van der Waals surface area (Å²) in [4.78, 5) is 5.39. The fraction of sp³-hybridized carbons (Fsp3) is 0.500. The number of aromatic nitrogens is 1. The van der Waals surface area contributed by atoms with E-state index in [1.807, 2.05) is 24.6 Å². The lowest BCUT2D eigenvalue weighted by Crippen LogP contribution is -2.00. The Labute approximate surface area is 82.7 Å². The molecule has 13 heavy (non-hydrogen) atoms. The summed E-state index contributed by atoms with van der Waals surface area (Å²) in [5.74, 6) is 1.55. The molecule has 2 rings (SSSR count). The molecule has 1 heterocycles. The molecule has 1 saturated carbocycles. The van der Waals surface area contributed by atoms with Gasteiger partial charge in [0.25, 0.3) is 0 Å². The topological polar surface area (TPSA) is 22.1 Å². The van der Waals surface area contributed by atoms with Gasteiger partial charge in [-0.1, -0.05) is 0 Å². The SMILES string of the molecule is CSc1ccc(OCC2CC2)nc1. The van der Waals surface area contributed by atoms with E-state index in [9.17, 15) is 0 Å². The van der Waals surface area contributed by atoms with E-state index in [4.69, 9.17) is 4.74 Å². The van der Waals surface area contributed by atoms with Crippen LogP contribution < -0.4 is 4.74 Å². The monoisotopic (exact) mass is 195 g/mol. The van der Waals surface area contributed by atoms with E-state index in [0.717, 1.165) is 18.4 Å². The second kappa shape index (κ2) is 4.01. The number of nitrogens with zero attached hydrogens (tertiary/aromatic N) is 1. The predicted octanol–water partition coefficient (Wildman–Crippen LogP) is 2.59. The van der Waals surface area contributed by atoms with Gasteiger partial charge in [-0.15, -0.1) is 11.8 Å². The summed E-state index contributed by atoms with van der Waals surface area (Å²) in [6.45, 7) is 0.839. The van der Waals surface area contributed by atoms with Crippen molar-refractivity contribution in [1.82, 2.24) is 4.98 Å². The Bertz CT molecular complexity index is 269. The van der Waals surface area contributed by atoms with Gasteiger partial charge in [0, 0.05) is 17.2 Å². The number of hydrogen-bond donors (Lipinski definition) is 0. The first-order valence-corrected chi connectivity index (χ1v) is 5.74. The molecule has 1 fully saturated rings. The van der Waals surface area contributed by atoms with E-state index in [1.165, 1.54) is 17.7 Å². The molecule has 0 spiro atoms. The summed E-state index contributed by atoms with van der Waals surface area (Å²) in [7, 11) is 0. The van der Waals surface area contributed by atoms with E-state index < -0.39 is 0 Å². The minimum absolute atomic E-state index is 0.754. The van der Waals surface area contributed by atoms with Crippen LogP contribution in [0.2, 0.25) is 0 Å². The van der Waals surface area contributed by atoms with E-state index in [-0.39, 0.29) is 0 Å². The van der Waals surface area contributed by atoms with Gasteiger partial charge in [-0.3, -0.25) is 0 Å². The Kier molecular flexibility index (Phi) is 2.74. The molecule has 0 N–H and O–H groups in total. The lowest BCUT2D eigenvalue weighted by Gasteiger charge is -2.03. The van der Waals surface area contributed by atoms with Crippen LogP contribution in [0.3, 0.4) is 0 Å². The molecule has 0 atom stereocenters. The fourth-order valence-corrected chi connectivity index (χ4v) is 1.42. The zero-order valence-corrected chi connectivity index (χ0v) is 8.51. The van der Waals surface area contributed by atoms with Gasteiger partial charge < -0.3 is 4.74 Å². The summed E-state index contributed by atoms with van der Waals surface area (Å²) < 4.78 is 5.51. The van der Waals surface area contributed by atoms with Gasteiger partial charge in [0.1, 0.15) is 0 Å². The van der Waals surface area contributed by atoms with E-state index in [0.29, 0.717) is 0 Å². The standard InChI is InChI=1S/C10H13NOS/c1-13-9-4-5-10(11-6-9)12-7-8-2-3-8/h4-6,8H,2-3,7H2,1H3. The van der Waals surface area contributed by atoms with Crippen molar-refractivity contribution in [3.05, 3.63) is 18.3 Å². The Morgan fingerprint density at radius 2 is 2.38 bits per heavy atom. The first-order chi connectivity index (χ1) is 6.38. The molecule has 0 radical (unpaired) electrons. The van der Waals surface area contributed by atoms with Crippen LogP contribution in [0.25, 0.3) is 0 Å². The minimum Gasteiger partial charge on any atom is -0.477 e. The zero-order chi connectivity index (χ0) is 9.10. The lowest BCUT2D eigenvalue weighted by molar-refractivity contribution is 0.288. The number of ether oxygens (including phenoxy) is 1. The first-order valence-electron chi connectivity index (χ1n) is 4.51. The van der Waals surface area contributed by atoms with Crippen molar-refractivity contribution in [2.75, 3.05) is 12.9 Å². The van der Waals surface area contributed by atoms with Crippen molar-refractivity contribution in [2.45, 2.75) is 17.7 Å². The Morgan fingerprint density at radius 1 is 1.54 bits per heavy atom. The Balaban J connectivity index is 1.88. The fourth-order valence-electron chi connectivity index (χ4n) is 1.06. The molecule has 0 unspecified atom stereocenters. The van der Waals surface area contributed by atoms with Crippen molar-refractivity contribution < 1.29 is 4.74 Å². The van der Waals surface area contributed by atoms with Crippen molar-refractivity contribution in [2.24, 2.45) is 5.92 Å². The molecular formula is C10H13NOS. The third-order valence-electron chi connectivity index (χ3n) is 2.11. The summed E-state index contributed by atoms with van der Waals surface area (Å²) >= 11 is 1.70. The van der Waals surface area contributed by atoms with Gasteiger partial charge in [-0.2, -0.15) is 0 Å². The maximum atomic E-state index is 5.51. The number of thioether (sulfide) groups is 1. The van der Waals surface area contributed by atoms with Crippen LogP contribution in [0.5, 0.6) is 5.88 Å². The quantitative estimate of drug-likeness (QED) is 0.689. The molecule has 0 aliphatic heterocycles. The zero-order valence-electron chi connectivity index (χ0n) is 7.69. The van der Waals surface area contributed by atoms with Gasteiger partial charge in [0.05, 0.1) is 6.61 Å². The van der Waals surface area contributed by atoms with Gasteiger partial charge in [0.2, 0.25) is 5.88 Å². The average molecular weight is 195 g/mol. The van der Waals surface area contributed by atoms with Crippen LogP contribution in [0.1, 0.15) is 12.8 Å². The molecule has 3 heteroatoms. The summed E-state index contributed by atoms with van der Waals surface area (Å²) in [5.41, 5.74) is 0. The van der Waals surface area contributed by atoms with Crippen LogP contribution in [-0.4, -0.2) is 17.8 Å². The molecule has 0 saturated heterocycles. The molecule has 1 aromatic heterocycles. The largest absolute Gasteiger partial charge is 0.477 e. The minimum atomic E-state index is 0.754. The first kappa shape index (κ1) is 8.88. The number of hydrogen-bond acceptors (Lipinski definition) is 3. The molecular weight excluding hydrogens is 182 g/mol. The van der Waals surface area contributed by atoms with E-state index >= 15 is 0 Å². The van der Waals surface area contributed by atoms with Crippen LogP contribution in [0.15, 0.2) is 23.2 Å². The van der Waals surface area contributed by atoms with E-state index in [2.05, 4.69) is 4.98 Å². The summed E-state index contributed by atoms with van der Waals surface area (Å²) in [5, 5.41) is 0. The highest BCUT2D eigenvalue weighted by Gasteiger charge is 2.21. The van der Waals surface area contributed by atoms with Crippen LogP contribution >= 0.6 is 11.8 Å². The van der Waals surface area contributed by atoms with Gasteiger partial charge in [-0.05, 0) is 31.1 Å². The third kappa shape index (κ3) is 2.62. The predicted molar refractivity (Wildman–Crippen MR) is 54.2 cm³/mol. The lowest BCUT2D eigenvalue weighted by atomic mass is 10.4. The highest BCUT2D eigenvalue weighted by atomic mass is 32.2. The van der Waals surface area contributed by atoms with Gasteiger partial charge in [-0.25, -0.2) is 4.98 Å². The molecule has 0 aromatic carbocycles. The summed E-state index contributed by atoms with van der Waals surface area (Å²) in [6.07, 6.45) is 6.54. The number of pyridine rings is 1. The average Bonchev–Trinajstić information content (AvgIpc) is 2.99. The normalized spacial score (nSPS) is 15.8. The van der Waals surface area contributed by atoms with Crippen molar-refractivity contribution >= 4 is 11.8 Å². The molecule has 0 bridgehead atoms. The van der Waals surface area contributed by atoms with Crippen molar-refractivity contribution in [3.63, 3.8) is 0 Å². The van der Waals surface area contributed by atoms with Gasteiger partial charge >= 0.3 is 0 Å². The molecule has 0 amide bonds. The van der Waals surface area contributed by atoms with E-state index in [1.54, 1.807) is 11.8 Å². The maximum absolute atomic E-state index is 5.51. The van der Waals surface area contributed by atoms with Gasteiger partial charge in [0.15, 0.2) is 0 Å². The highest BCUT2D eigenvalue weighted by Crippen LogP contribution is 2.29. The molecule has 1 aliphatic rings. The molecule has 1 aromatic rings. The molecule has 2 nitrogen and oxygen atoms in total. The van der Waals surface area contributed by atoms with Crippen molar-refractivity contribution in [3.8, 4) is 5.88 Å². The van der Waals surface area contributed by atoms with Crippen LogP contribution in [0, 0.1) is 5.92 Å².